The number of fused-ring (bicyclic) bond motifs is 2. The van der Waals surface area contributed by atoms with Gasteiger partial charge in [0, 0.05) is 30.0 Å². The van der Waals surface area contributed by atoms with Gasteiger partial charge in [0.1, 0.15) is 18.4 Å². The summed E-state index contributed by atoms with van der Waals surface area (Å²) in [6.45, 7) is 7.87. The highest BCUT2D eigenvalue weighted by atomic mass is 16.5. The normalized spacial score (nSPS) is 14.2. The molecule has 5 aromatic rings. The Bertz CT molecular complexity index is 1750. The first-order chi connectivity index (χ1) is 20.3. The van der Waals surface area contributed by atoms with Crippen LogP contribution in [0.25, 0.3) is 27.6 Å². The number of imidazole rings is 1. The Kier molecular flexibility index (Phi) is 7.38. The molecule has 3 heterocycles. The molecule has 3 N–H and O–H groups in total. The predicted octanol–water partition coefficient (Wildman–Crippen LogP) is 6.51. The molecule has 2 aromatic heterocycles. The van der Waals surface area contributed by atoms with E-state index in [0.717, 1.165) is 53.9 Å². The molecule has 10 heteroatoms. The second-order valence-electron chi connectivity index (χ2n) is 11.5. The number of ether oxygens (including phenoxy) is 2. The number of nitrogens with one attached hydrogen (secondary N) is 3. The lowest BCUT2D eigenvalue weighted by Gasteiger charge is -2.23. The molecule has 1 aliphatic heterocycles. The molecule has 216 valence electrons. The number of benzene rings is 3. The summed E-state index contributed by atoms with van der Waals surface area (Å²) in [7, 11) is 1.59. The van der Waals surface area contributed by atoms with E-state index in [0.29, 0.717) is 28.3 Å². The fraction of sp³-hybridized carbons (Fsp3) is 0.312. The van der Waals surface area contributed by atoms with E-state index in [1.54, 1.807) is 19.8 Å². The maximum Gasteiger partial charge on any atom is 0.323 e. The third kappa shape index (κ3) is 5.45. The Balaban J connectivity index is 1.30. The summed E-state index contributed by atoms with van der Waals surface area (Å²) >= 11 is 0. The van der Waals surface area contributed by atoms with E-state index in [2.05, 4.69) is 51.7 Å². The SMILES string of the molecule is COc1ccc(C(C)(C)C)cc1NC(=O)Nc1ccc(-n2cnc3c(NC4CCOCC4)ncnc32)c2ccccc12. The van der Waals surface area contributed by atoms with Gasteiger partial charge in [-0.2, -0.15) is 0 Å². The van der Waals surface area contributed by atoms with E-state index >= 15 is 0 Å². The number of rotatable bonds is 6. The van der Waals surface area contributed by atoms with Crippen molar-refractivity contribution in [1.29, 1.82) is 0 Å². The van der Waals surface area contributed by atoms with Crippen molar-refractivity contribution in [3.05, 3.63) is 72.8 Å². The first-order valence-corrected chi connectivity index (χ1v) is 14.1. The third-order valence-corrected chi connectivity index (χ3v) is 7.62. The maximum absolute atomic E-state index is 13.2. The average molecular weight is 566 g/mol. The summed E-state index contributed by atoms with van der Waals surface area (Å²) in [5, 5.41) is 11.4. The van der Waals surface area contributed by atoms with Gasteiger partial charge in [-0.1, -0.05) is 51.1 Å². The van der Waals surface area contributed by atoms with Crippen LogP contribution >= 0.6 is 0 Å². The van der Waals surface area contributed by atoms with Crippen LogP contribution in [0.2, 0.25) is 0 Å². The highest BCUT2D eigenvalue weighted by Crippen LogP contribution is 2.34. The second-order valence-corrected chi connectivity index (χ2v) is 11.5. The molecule has 10 nitrogen and oxygen atoms in total. The van der Waals surface area contributed by atoms with Crippen molar-refractivity contribution in [1.82, 2.24) is 19.5 Å². The number of methoxy groups -OCH3 is 1. The van der Waals surface area contributed by atoms with E-state index in [1.165, 1.54) is 0 Å². The first-order valence-electron chi connectivity index (χ1n) is 14.1. The molecule has 2 amide bonds. The van der Waals surface area contributed by atoms with Crippen LogP contribution in [0.1, 0.15) is 39.2 Å². The molecular formula is C32H35N7O3. The van der Waals surface area contributed by atoms with Gasteiger partial charge in [0.2, 0.25) is 0 Å². The number of hydrogen-bond donors (Lipinski definition) is 3. The molecule has 0 atom stereocenters. The van der Waals surface area contributed by atoms with Gasteiger partial charge >= 0.3 is 6.03 Å². The van der Waals surface area contributed by atoms with Gasteiger partial charge in [-0.3, -0.25) is 4.57 Å². The number of nitrogens with zero attached hydrogens (tertiary/aromatic N) is 4. The van der Waals surface area contributed by atoms with E-state index in [9.17, 15) is 4.79 Å². The van der Waals surface area contributed by atoms with Crippen LogP contribution in [0.4, 0.5) is 22.0 Å². The minimum atomic E-state index is -0.359. The van der Waals surface area contributed by atoms with E-state index < -0.39 is 0 Å². The summed E-state index contributed by atoms with van der Waals surface area (Å²) in [5.74, 6) is 1.31. The van der Waals surface area contributed by atoms with Crippen molar-refractivity contribution >= 4 is 45.2 Å². The topological polar surface area (TPSA) is 115 Å². The summed E-state index contributed by atoms with van der Waals surface area (Å²) in [4.78, 5) is 26.9. The number of carbonyl (C=O) groups is 1. The van der Waals surface area contributed by atoms with Gasteiger partial charge in [0.05, 0.1) is 24.2 Å². The van der Waals surface area contributed by atoms with Gasteiger partial charge in [-0.15, -0.1) is 0 Å². The zero-order valence-electron chi connectivity index (χ0n) is 24.3. The molecular weight excluding hydrogens is 530 g/mol. The smallest absolute Gasteiger partial charge is 0.323 e. The van der Waals surface area contributed by atoms with Crippen molar-refractivity contribution < 1.29 is 14.3 Å². The van der Waals surface area contributed by atoms with Crippen LogP contribution in [0, 0.1) is 0 Å². The first kappa shape index (κ1) is 27.5. The largest absolute Gasteiger partial charge is 0.495 e. The van der Waals surface area contributed by atoms with Crippen molar-refractivity contribution in [2.75, 3.05) is 36.3 Å². The molecule has 0 spiro atoms. The standard InChI is InChI=1S/C32H35N7O3/c1-32(2,3)20-9-12-27(41-4)25(17-20)38-31(40)37-24-10-11-26(23-8-6-5-7-22(23)24)39-19-35-28-29(33-18-34-30(28)39)36-21-13-15-42-16-14-21/h5-12,17-19,21H,13-16H2,1-4H3,(H,33,34,36)(H2,37,38,40). The van der Waals surface area contributed by atoms with E-state index in [-0.39, 0.29) is 17.5 Å². The average Bonchev–Trinajstić information content (AvgIpc) is 3.42. The minimum Gasteiger partial charge on any atom is -0.495 e. The molecule has 6 rings (SSSR count). The summed E-state index contributed by atoms with van der Waals surface area (Å²) in [6, 6.07) is 17.6. The molecule has 0 aliphatic carbocycles. The van der Waals surface area contributed by atoms with Crippen molar-refractivity contribution in [2.24, 2.45) is 0 Å². The molecule has 42 heavy (non-hydrogen) atoms. The highest BCUT2D eigenvalue weighted by molar-refractivity contribution is 6.08. The molecule has 1 fully saturated rings. The fourth-order valence-electron chi connectivity index (χ4n) is 5.30. The second kappa shape index (κ2) is 11.3. The summed E-state index contributed by atoms with van der Waals surface area (Å²) in [5.41, 5.74) is 4.62. The molecule has 0 saturated carbocycles. The lowest BCUT2D eigenvalue weighted by molar-refractivity contribution is 0.0904. The van der Waals surface area contributed by atoms with Crippen molar-refractivity contribution in [3.8, 4) is 11.4 Å². The van der Waals surface area contributed by atoms with E-state index in [1.807, 2.05) is 59.2 Å². The van der Waals surface area contributed by atoms with Crippen LogP contribution in [0.15, 0.2) is 67.3 Å². The molecule has 0 unspecified atom stereocenters. The van der Waals surface area contributed by atoms with Crippen molar-refractivity contribution in [2.45, 2.75) is 45.1 Å². The monoisotopic (exact) mass is 565 g/mol. The third-order valence-electron chi connectivity index (χ3n) is 7.62. The molecule has 0 radical (unpaired) electrons. The van der Waals surface area contributed by atoms with Crippen LogP contribution in [-0.2, 0) is 10.2 Å². The van der Waals surface area contributed by atoms with Gasteiger partial charge in [0.25, 0.3) is 0 Å². The van der Waals surface area contributed by atoms with Gasteiger partial charge < -0.3 is 25.4 Å². The summed E-state index contributed by atoms with van der Waals surface area (Å²) in [6.07, 6.45) is 5.18. The zero-order valence-corrected chi connectivity index (χ0v) is 24.3. The minimum absolute atomic E-state index is 0.0741. The molecule has 0 bridgehead atoms. The number of aromatic nitrogens is 4. The van der Waals surface area contributed by atoms with Crippen LogP contribution in [-0.4, -0.2) is 51.9 Å². The quantitative estimate of drug-likeness (QED) is 0.215. The number of anilines is 3. The van der Waals surface area contributed by atoms with Gasteiger partial charge in [-0.25, -0.2) is 19.7 Å². The van der Waals surface area contributed by atoms with Crippen LogP contribution in [0.5, 0.6) is 5.75 Å². The lowest BCUT2D eigenvalue weighted by atomic mass is 9.87. The fourth-order valence-corrected chi connectivity index (χ4v) is 5.30. The Morgan fingerprint density at radius 1 is 0.952 bits per heavy atom. The number of carbonyl (C=O) groups excluding carboxylic acids is 1. The van der Waals surface area contributed by atoms with Gasteiger partial charge in [0.15, 0.2) is 17.0 Å². The number of urea groups is 1. The Morgan fingerprint density at radius 2 is 1.71 bits per heavy atom. The van der Waals surface area contributed by atoms with E-state index in [4.69, 9.17) is 9.47 Å². The highest BCUT2D eigenvalue weighted by Gasteiger charge is 2.20. The predicted molar refractivity (Wildman–Crippen MR) is 166 cm³/mol. The Labute approximate surface area is 244 Å². The maximum atomic E-state index is 13.2. The Morgan fingerprint density at radius 3 is 2.48 bits per heavy atom. The summed E-state index contributed by atoms with van der Waals surface area (Å²) < 4.78 is 13.0. The van der Waals surface area contributed by atoms with Crippen molar-refractivity contribution in [3.63, 3.8) is 0 Å². The van der Waals surface area contributed by atoms with Crippen LogP contribution in [0.3, 0.4) is 0 Å². The van der Waals surface area contributed by atoms with Gasteiger partial charge in [-0.05, 0) is 48.1 Å². The molecule has 1 saturated heterocycles. The number of hydrogen-bond acceptors (Lipinski definition) is 7. The zero-order chi connectivity index (χ0) is 29.3. The Hall–Kier alpha value is -4.70. The number of amides is 2. The lowest BCUT2D eigenvalue weighted by Crippen LogP contribution is -2.28. The molecule has 1 aliphatic rings. The van der Waals surface area contributed by atoms with Crippen LogP contribution < -0.4 is 20.7 Å². The molecule has 3 aromatic carbocycles.